The van der Waals surface area contributed by atoms with E-state index < -0.39 is 27.7 Å². The summed E-state index contributed by atoms with van der Waals surface area (Å²) in [5, 5.41) is 2.53. The summed E-state index contributed by atoms with van der Waals surface area (Å²) < 4.78 is 45.7. The van der Waals surface area contributed by atoms with Crippen LogP contribution in [0.25, 0.3) is 0 Å². The van der Waals surface area contributed by atoms with E-state index in [1.54, 1.807) is 13.8 Å². The molecule has 0 atom stereocenters. The predicted octanol–water partition coefficient (Wildman–Crippen LogP) is 2.70. The molecule has 0 radical (unpaired) electrons. The fraction of sp³-hybridized carbons (Fsp3) is 0.263. The number of esters is 1. The predicted molar refractivity (Wildman–Crippen MR) is 102 cm³/mol. The molecule has 150 valence electrons. The van der Waals surface area contributed by atoms with Crippen LogP contribution in [0.15, 0.2) is 53.4 Å². The van der Waals surface area contributed by atoms with Crippen molar-refractivity contribution in [2.75, 3.05) is 11.3 Å². The number of carbonyl (C=O) groups excluding carboxylic acids is 2. The minimum Gasteiger partial charge on any atom is -0.463 e. The first-order valence-corrected chi connectivity index (χ1v) is 10.0. The maximum atomic E-state index is 13.7. The molecular weight excluding hydrogens is 387 g/mol. The molecular formula is C19H21FN2O5S. The highest BCUT2D eigenvalue weighted by Gasteiger charge is 2.18. The molecule has 2 rings (SSSR count). The SMILES string of the molecule is CC(C)OC(=O)CCNC(=O)c1cccc(S(=O)(=O)Nc2ccccc2F)c1. The van der Waals surface area contributed by atoms with E-state index >= 15 is 0 Å². The first-order chi connectivity index (χ1) is 13.2. The Morgan fingerprint density at radius 1 is 1.11 bits per heavy atom. The number of halogens is 1. The largest absolute Gasteiger partial charge is 0.463 e. The van der Waals surface area contributed by atoms with E-state index in [1.165, 1.54) is 42.5 Å². The fourth-order valence-corrected chi connectivity index (χ4v) is 3.37. The van der Waals surface area contributed by atoms with Crippen LogP contribution < -0.4 is 10.0 Å². The quantitative estimate of drug-likeness (QED) is 0.654. The first kappa shape index (κ1) is 21.4. The lowest BCUT2D eigenvalue weighted by Gasteiger charge is -2.11. The summed E-state index contributed by atoms with van der Waals surface area (Å²) in [7, 11) is -4.08. The first-order valence-electron chi connectivity index (χ1n) is 8.54. The fourth-order valence-electron chi connectivity index (χ4n) is 2.25. The number of hydrogen-bond donors (Lipinski definition) is 2. The van der Waals surface area contributed by atoms with E-state index in [9.17, 15) is 22.4 Å². The summed E-state index contributed by atoms with van der Waals surface area (Å²) in [6.45, 7) is 3.49. The number of anilines is 1. The average molecular weight is 408 g/mol. The van der Waals surface area contributed by atoms with Crippen LogP contribution in [-0.4, -0.2) is 32.9 Å². The maximum absolute atomic E-state index is 13.7. The van der Waals surface area contributed by atoms with Crippen molar-refractivity contribution in [3.05, 3.63) is 59.9 Å². The number of benzene rings is 2. The van der Waals surface area contributed by atoms with Crippen LogP contribution in [0.3, 0.4) is 0 Å². The molecule has 0 aliphatic heterocycles. The lowest BCUT2D eigenvalue weighted by molar-refractivity contribution is -0.147. The van der Waals surface area contributed by atoms with Crippen LogP contribution in [0.2, 0.25) is 0 Å². The molecule has 0 bridgehead atoms. The molecule has 0 aliphatic carbocycles. The van der Waals surface area contributed by atoms with Crippen LogP contribution in [-0.2, 0) is 19.6 Å². The molecule has 0 saturated heterocycles. The van der Waals surface area contributed by atoms with Gasteiger partial charge in [-0.3, -0.25) is 14.3 Å². The van der Waals surface area contributed by atoms with Gasteiger partial charge in [-0.15, -0.1) is 0 Å². The second-order valence-corrected chi connectivity index (χ2v) is 7.84. The Hall–Kier alpha value is -2.94. The van der Waals surface area contributed by atoms with Gasteiger partial charge in [-0.05, 0) is 44.2 Å². The van der Waals surface area contributed by atoms with Crippen molar-refractivity contribution in [3.8, 4) is 0 Å². The Kier molecular flexibility index (Phi) is 7.11. The highest BCUT2D eigenvalue weighted by atomic mass is 32.2. The second kappa shape index (κ2) is 9.32. The van der Waals surface area contributed by atoms with E-state index in [0.717, 1.165) is 6.07 Å². The molecule has 2 aromatic carbocycles. The van der Waals surface area contributed by atoms with Gasteiger partial charge in [0.15, 0.2) is 0 Å². The normalized spacial score (nSPS) is 11.1. The summed E-state index contributed by atoms with van der Waals surface area (Å²) in [6.07, 6.45) is -0.247. The summed E-state index contributed by atoms with van der Waals surface area (Å²) in [6, 6.07) is 10.7. The lowest BCUT2D eigenvalue weighted by Crippen LogP contribution is -2.27. The van der Waals surface area contributed by atoms with Gasteiger partial charge in [0.1, 0.15) is 5.82 Å². The van der Waals surface area contributed by atoms with Gasteiger partial charge in [-0.1, -0.05) is 18.2 Å². The molecule has 7 nitrogen and oxygen atoms in total. The average Bonchev–Trinajstić information content (AvgIpc) is 2.63. The van der Waals surface area contributed by atoms with Crippen molar-refractivity contribution in [1.82, 2.24) is 5.32 Å². The van der Waals surface area contributed by atoms with Crippen molar-refractivity contribution >= 4 is 27.6 Å². The molecule has 0 aromatic heterocycles. The van der Waals surface area contributed by atoms with E-state index in [4.69, 9.17) is 4.74 Å². The molecule has 0 spiro atoms. The number of hydrogen-bond acceptors (Lipinski definition) is 5. The summed E-state index contributed by atoms with van der Waals surface area (Å²) in [5.41, 5.74) is -0.102. The van der Waals surface area contributed by atoms with E-state index in [1.807, 2.05) is 0 Å². The molecule has 2 N–H and O–H groups in total. The van der Waals surface area contributed by atoms with E-state index in [0.29, 0.717) is 0 Å². The number of ether oxygens (including phenoxy) is 1. The van der Waals surface area contributed by atoms with Crippen molar-refractivity contribution in [2.45, 2.75) is 31.3 Å². The smallest absolute Gasteiger partial charge is 0.307 e. The van der Waals surface area contributed by atoms with Gasteiger partial charge in [0.2, 0.25) is 0 Å². The number of sulfonamides is 1. The third-order valence-electron chi connectivity index (χ3n) is 3.51. The Morgan fingerprint density at radius 3 is 2.50 bits per heavy atom. The zero-order valence-corrected chi connectivity index (χ0v) is 16.3. The highest BCUT2D eigenvalue weighted by Crippen LogP contribution is 2.19. The second-order valence-electron chi connectivity index (χ2n) is 6.16. The molecule has 0 saturated carbocycles. The van der Waals surface area contributed by atoms with Crippen LogP contribution in [0.1, 0.15) is 30.6 Å². The van der Waals surface area contributed by atoms with Crippen LogP contribution >= 0.6 is 0 Å². The molecule has 1 amide bonds. The molecule has 28 heavy (non-hydrogen) atoms. The third-order valence-corrected chi connectivity index (χ3v) is 4.87. The zero-order valence-electron chi connectivity index (χ0n) is 15.4. The lowest BCUT2D eigenvalue weighted by atomic mass is 10.2. The van der Waals surface area contributed by atoms with Crippen molar-refractivity contribution < 1.29 is 27.1 Å². The number of rotatable bonds is 8. The summed E-state index contributed by atoms with van der Waals surface area (Å²) >= 11 is 0. The highest BCUT2D eigenvalue weighted by molar-refractivity contribution is 7.92. The summed E-state index contributed by atoms with van der Waals surface area (Å²) in [4.78, 5) is 23.5. The standard InChI is InChI=1S/C19H21FN2O5S/c1-13(2)27-18(23)10-11-21-19(24)14-6-5-7-15(12-14)28(25,26)22-17-9-4-3-8-16(17)20/h3-9,12-13,22H,10-11H2,1-2H3,(H,21,24). The molecule has 9 heteroatoms. The summed E-state index contributed by atoms with van der Waals surface area (Å²) in [5.74, 6) is -1.70. The van der Waals surface area contributed by atoms with E-state index in [2.05, 4.69) is 10.0 Å². The van der Waals surface area contributed by atoms with Crippen LogP contribution in [0.5, 0.6) is 0 Å². The van der Waals surface area contributed by atoms with Gasteiger partial charge < -0.3 is 10.1 Å². The monoisotopic (exact) mass is 408 g/mol. The Bertz CT molecular complexity index is 960. The number of nitrogens with one attached hydrogen (secondary N) is 2. The molecule has 2 aromatic rings. The van der Waals surface area contributed by atoms with Gasteiger partial charge in [0, 0.05) is 12.1 Å². The van der Waals surface area contributed by atoms with Gasteiger partial charge in [0.05, 0.1) is 23.1 Å². The van der Waals surface area contributed by atoms with Crippen molar-refractivity contribution in [3.63, 3.8) is 0 Å². The Labute approximate surface area is 163 Å². The van der Waals surface area contributed by atoms with E-state index in [-0.39, 0.29) is 35.2 Å². The van der Waals surface area contributed by atoms with Gasteiger partial charge in [-0.2, -0.15) is 0 Å². The van der Waals surface area contributed by atoms with Crippen LogP contribution in [0.4, 0.5) is 10.1 Å². The molecule has 0 fully saturated rings. The van der Waals surface area contributed by atoms with Crippen molar-refractivity contribution in [2.24, 2.45) is 0 Å². The molecule has 0 aliphatic rings. The van der Waals surface area contributed by atoms with Crippen LogP contribution in [0, 0.1) is 5.82 Å². The topological polar surface area (TPSA) is 102 Å². The number of carbonyl (C=O) groups is 2. The third kappa shape index (κ3) is 6.05. The minimum atomic E-state index is -4.08. The Morgan fingerprint density at radius 2 is 1.82 bits per heavy atom. The minimum absolute atomic E-state index is 0.00323. The number of amides is 1. The Balaban J connectivity index is 2.05. The van der Waals surface area contributed by atoms with Gasteiger partial charge in [0.25, 0.3) is 15.9 Å². The van der Waals surface area contributed by atoms with Gasteiger partial charge >= 0.3 is 5.97 Å². The zero-order chi connectivity index (χ0) is 20.7. The molecule has 0 heterocycles. The maximum Gasteiger partial charge on any atom is 0.307 e. The molecule has 0 unspecified atom stereocenters. The number of para-hydroxylation sites is 1. The van der Waals surface area contributed by atoms with Crippen molar-refractivity contribution in [1.29, 1.82) is 0 Å². The van der Waals surface area contributed by atoms with Gasteiger partial charge in [-0.25, -0.2) is 12.8 Å².